The molecule has 0 radical (unpaired) electrons. The lowest BCUT2D eigenvalue weighted by atomic mass is 10.1. The Balaban J connectivity index is 1.60. The number of para-hydroxylation sites is 1. The lowest BCUT2D eigenvalue weighted by Crippen LogP contribution is -2.31. The lowest BCUT2D eigenvalue weighted by molar-refractivity contribution is -0.125. The van der Waals surface area contributed by atoms with Gasteiger partial charge in [-0.3, -0.25) is 9.59 Å². The third-order valence-corrected chi connectivity index (χ3v) is 4.50. The molecule has 27 heavy (non-hydrogen) atoms. The van der Waals surface area contributed by atoms with Crippen LogP contribution in [-0.4, -0.2) is 30.9 Å². The van der Waals surface area contributed by atoms with Crippen LogP contribution in [0.15, 0.2) is 54.6 Å². The van der Waals surface area contributed by atoms with E-state index in [-0.39, 0.29) is 30.0 Å². The summed E-state index contributed by atoms with van der Waals surface area (Å²) in [5.41, 5.74) is 1.79. The van der Waals surface area contributed by atoms with Gasteiger partial charge in [0.15, 0.2) is 6.61 Å². The highest BCUT2D eigenvalue weighted by Crippen LogP contribution is 2.26. The molecule has 1 N–H and O–H groups in total. The first-order valence-corrected chi connectivity index (χ1v) is 8.97. The van der Waals surface area contributed by atoms with Gasteiger partial charge in [-0.05, 0) is 31.0 Å². The van der Waals surface area contributed by atoms with E-state index in [1.807, 2.05) is 37.3 Å². The summed E-state index contributed by atoms with van der Waals surface area (Å²) in [5, 5.41) is 2.80. The van der Waals surface area contributed by atoms with Crippen LogP contribution in [0.3, 0.4) is 0 Å². The third-order valence-electron chi connectivity index (χ3n) is 4.50. The monoisotopic (exact) mass is 366 g/mol. The molecule has 140 valence electrons. The maximum absolute atomic E-state index is 12.4. The average Bonchev–Trinajstić information content (AvgIpc) is 3.12. The van der Waals surface area contributed by atoms with Crippen molar-refractivity contribution in [3.63, 3.8) is 0 Å². The fraction of sp³-hybridized carbons (Fsp3) is 0.286. The van der Waals surface area contributed by atoms with E-state index in [4.69, 9.17) is 4.74 Å². The van der Waals surface area contributed by atoms with Crippen LogP contribution in [0.4, 0.5) is 5.69 Å². The van der Waals surface area contributed by atoms with Crippen molar-refractivity contribution in [2.45, 2.75) is 25.8 Å². The fourth-order valence-corrected chi connectivity index (χ4v) is 3.10. The van der Waals surface area contributed by atoms with Crippen LogP contribution < -0.4 is 10.2 Å². The van der Waals surface area contributed by atoms with Gasteiger partial charge >= 0.3 is 5.97 Å². The second-order valence-electron chi connectivity index (χ2n) is 6.44. The van der Waals surface area contributed by atoms with Crippen LogP contribution in [0.25, 0.3) is 0 Å². The SMILES string of the molecule is C[C@@H](NC(=O)COC(=O)c1ccccc1N1CCCC1=O)c1ccccc1. The van der Waals surface area contributed by atoms with E-state index < -0.39 is 5.97 Å². The Morgan fingerprint density at radius 2 is 1.81 bits per heavy atom. The molecule has 2 amide bonds. The largest absolute Gasteiger partial charge is 0.452 e. The Kier molecular flexibility index (Phi) is 5.86. The van der Waals surface area contributed by atoms with Gasteiger partial charge in [-0.15, -0.1) is 0 Å². The molecule has 0 bridgehead atoms. The van der Waals surface area contributed by atoms with Crippen molar-refractivity contribution < 1.29 is 19.1 Å². The number of benzene rings is 2. The predicted octanol–water partition coefficient (Wildman–Crippen LogP) is 2.85. The van der Waals surface area contributed by atoms with E-state index in [2.05, 4.69) is 5.32 Å². The number of anilines is 1. The molecule has 0 unspecified atom stereocenters. The molecule has 1 aliphatic rings. The molecular weight excluding hydrogens is 344 g/mol. The minimum Gasteiger partial charge on any atom is -0.452 e. The lowest BCUT2D eigenvalue weighted by Gasteiger charge is -2.19. The van der Waals surface area contributed by atoms with Crippen LogP contribution in [0.2, 0.25) is 0 Å². The highest BCUT2D eigenvalue weighted by molar-refractivity contribution is 6.03. The zero-order valence-corrected chi connectivity index (χ0v) is 15.2. The minimum absolute atomic E-state index is 0.00956. The van der Waals surface area contributed by atoms with E-state index in [1.165, 1.54) is 0 Å². The average molecular weight is 366 g/mol. The normalized spacial score (nSPS) is 14.7. The van der Waals surface area contributed by atoms with Gasteiger partial charge in [-0.1, -0.05) is 42.5 Å². The molecule has 6 nitrogen and oxygen atoms in total. The topological polar surface area (TPSA) is 75.7 Å². The van der Waals surface area contributed by atoms with Crippen LogP contribution in [0.1, 0.15) is 41.7 Å². The molecule has 1 aliphatic heterocycles. The molecule has 0 saturated carbocycles. The summed E-state index contributed by atoms with van der Waals surface area (Å²) in [6, 6.07) is 16.1. The highest BCUT2D eigenvalue weighted by atomic mass is 16.5. The number of nitrogens with zero attached hydrogens (tertiary/aromatic N) is 1. The zero-order chi connectivity index (χ0) is 19.2. The second-order valence-corrected chi connectivity index (χ2v) is 6.44. The van der Waals surface area contributed by atoms with Crippen LogP contribution in [0, 0.1) is 0 Å². The molecule has 1 heterocycles. The molecule has 6 heteroatoms. The van der Waals surface area contributed by atoms with E-state index in [0.29, 0.717) is 18.7 Å². The summed E-state index contributed by atoms with van der Waals surface area (Å²) in [6.07, 6.45) is 1.24. The Morgan fingerprint density at radius 1 is 1.11 bits per heavy atom. The van der Waals surface area contributed by atoms with Gasteiger partial charge in [-0.2, -0.15) is 0 Å². The first kappa shape index (κ1) is 18.6. The van der Waals surface area contributed by atoms with Crippen molar-refractivity contribution >= 4 is 23.5 Å². The molecule has 1 saturated heterocycles. The van der Waals surface area contributed by atoms with Crippen molar-refractivity contribution in [3.8, 4) is 0 Å². The number of carbonyl (C=O) groups excluding carboxylic acids is 3. The van der Waals surface area contributed by atoms with Gasteiger partial charge in [-0.25, -0.2) is 4.79 Å². The number of nitrogens with one attached hydrogen (secondary N) is 1. The van der Waals surface area contributed by atoms with Gasteiger partial charge < -0.3 is 15.0 Å². The number of amides is 2. The highest BCUT2D eigenvalue weighted by Gasteiger charge is 2.26. The number of rotatable bonds is 6. The summed E-state index contributed by atoms with van der Waals surface area (Å²) in [5.74, 6) is -1.01. The summed E-state index contributed by atoms with van der Waals surface area (Å²) in [7, 11) is 0. The maximum atomic E-state index is 12.4. The van der Waals surface area contributed by atoms with E-state index in [9.17, 15) is 14.4 Å². The summed E-state index contributed by atoms with van der Waals surface area (Å²) < 4.78 is 5.17. The second kappa shape index (κ2) is 8.49. The Morgan fingerprint density at radius 3 is 2.52 bits per heavy atom. The van der Waals surface area contributed by atoms with Gasteiger partial charge in [0.05, 0.1) is 17.3 Å². The van der Waals surface area contributed by atoms with E-state index in [0.717, 1.165) is 12.0 Å². The van der Waals surface area contributed by atoms with Gasteiger partial charge in [0.25, 0.3) is 5.91 Å². The predicted molar refractivity (Wildman–Crippen MR) is 101 cm³/mol. The molecule has 1 fully saturated rings. The Hall–Kier alpha value is -3.15. The number of esters is 1. The first-order valence-electron chi connectivity index (χ1n) is 8.97. The quantitative estimate of drug-likeness (QED) is 0.798. The third kappa shape index (κ3) is 4.53. The van der Waals surface area contributed by atoms with E-state index >= 15 is 0 Å². The first-order chi connectivity index (χ1) is 13.1. The molecule has 0 aliphatic carbocycles. The number of carbonyl (C=O) groups is 3. The minimum atomic E-state index is -0.618. The molecule has 0 aromatic heterocycles. The van der Waals surface area contributed by atoms with Crippen LogP contribution in [-0.2, 0) is 14.3 Å². The summed E-state index contributed by atoms with van der Waals surface area (Å²) in [4.78, 5) is 38.1. The van der Waals surface area contributed by atoms with Crippen molar-refractivity contribution in [1.29, 1.82) is 0 Å². The Labute approximate surface area is 158 Å². The van der Waals surface area contributed by atoms with Crippen LogP contribution >= 0.6 is 0 Å². The smallest absolute Gasteiger partial charge is 0.340 e. The standard InChI is InChI=1S/C21H22N2O4/c1-15(16-8-3-2-4-9-16)22-19(24)14-27-21(26)17-10-5-6-11-18(17)23-13-7-12-20(23)25/h2-6,8-11,15H,7,12-14H2,1H3,(H,22,24)/t15-/m1/s1. The molecular formula is C21H22N2O4. The van der Waals surface area contributed by atoms with Gasteiger partial charge in [0, 0.05) is 13.0 Å². The number of ether oxygens (including phenoxy) is 1. The molecule has 3 rings (SSSR count). The Bertz CT molecular complexity index is 835. The van der Waals surface area contributed by atoms with Crippen LogP contribution in [0.5, 0.6) is 0 Å². The van der Waals surface area contributed by atoms with E-state index in [1.54, 1.807) is 29.2 Å². The van der Waals surface area contributed by atoms with Crippen molar-refractivity contribution in [1.82, 2.24) is 5.32 Å². The molecule has 1 atom stereocenters. The summed E-state index contributed by atoms with van der Waals surface area (Å²) >= 11 is 0. The van der Waals surface area contributed by atoms with Gasteiger partial charge in [0.1, 0.15) is 0 Å². The zero-order valence-electron chi connectivity index (χ0n) is 15.2. The molecule has 2 aromatic rings. The number of hydrogen-bond acceptors (Lipinski definition) is 4. The fourth-order valence-electron chi connectivity index (χ4n) is 3.10. The molecule has 2 aromatic carbocycles. The summed E-state index contributed by atoms with van der Waals surface area (Å²) in [6.45, 7) is 2.07. The van der Waals surface area contributed by atoms with Crippen molar-refractivity contribution in [2.75, 3.05) is 18.1 Å². The van der Waals surface area contributed by atoms with Crippen molar-refractivity contribution in [3.05, 3.63) is 65.7 Å². The molecule has 0 spiro atoms. The number of hydrogen-bond donors (Lipinski definition) is 1. The van der Waals surface area contributed by atoms with Crippen molar-refractivity contribution in [2.24, 2.45) is 0 Å². The van der Waals surface area contributed by atoms with Gasteiger partial charge in [0.2, 0.25) is 5.91 Å². The maximum Gasteiger partial charge on any atom is 0.340 e.